The lowest BCUT2D eigenvalue weighted by Gasteiger charge is -2.45. The first-order valence-electron chi connectivity index (χ1n) is 15.1. The topological polar surface area (TPSA) is 77.6 Å². The van der Waals surface area contributed by atoms with Gasteiger partial charge in [-0.2, -0.15) is 0 Å². The van der Waals surface area contributed by atoms with Crippen LogP contribution in [0.25, 0.3) is 22.0 Å². The molecule has 6 rings (SSSR count). The summed E-state index contributed by atoms with van der Waals surface area (Å²) in [6.45, 7) is 4.25. The molecular weight excluding hydrogens is 537 g/mol. The van der Waals surface area contributed by atoms with Crippen molar-refractivity contribution in [3.8, 4) is 11.3 Å². The van der Waals surface area contributed by atoms with Gasteiger partial charge in [0.05, 0.1) is 17.8 Å². The summed E-state index contributed by atoms with van der Waals surface area (Å²) in [6.07, 6.45) is 7.49. The molecule has 0 bridgehead atoms. The summed E-state index contributed by atoms with van der Waals surface area (Å²) >= 11 is 1.57. The lowest BCUT2D eigenvalue weighted by Crippen LogP contribution is -2.60. The summed E-state index contributed by atoms with van der Waals surface area (Å²) in [7, 11) is 1.77. The molecule has 2 amide bonds. The normalized spacial score (nSPS) is 23.3. The number of likely N-dealkylation sites (N-methyl/N-ethyl adjacent to an activating group) is 1. The number of nitrogens with one attached hydrogen (secondary N) is 2. The van der Waals surface area contributed by atoms with Crippen LogP contribution in [0.5, 0.6) is 0 Å². The first-order valence-corrected chi connectivity index (χ1v) is 16.0. The zero-order chi connectivity index (χ0) is 28.5. The molecule has 2 aromatic carbocycles. The smallest absolute Gasteiger partial charge is 0.246 e. The standard InChI is InChI=1S/C32H40FN5O2S/c1-20(34-2)30(39)36-29(21-9-4-3-5-10-21)32(40)38-17-22-11-8-16-37(22)18-28(38)31-35-27(19-41-31)25-14-15-26(33)24-13-7-6-12-23(24)25/h6-7,12-15,19-22,28-29,34H,3-5,8-11,16-18H2,1-2H3,(H,36,39)/t20-,22+,28-,29-/m0/s1. The molecule has 3 fully saturated rings. The van der Waals surface area contributed by atoms with E-state index >= 15 is 0 Å². The fourth-order valence-corrected chi connectivity index (χ4v) is 7.88. The Bertz CT molecular complexity index is 1410. The van der Waals surface area contributed by atoms with Crippen LogP contribution in [0.4, 0.5) is 4.39 Å². The highest BCUT2D eigenvalue weighted by molar-refractivity contribution is 7.10. The van der Waals surface area contributed by atoms with Gasteiger partial charge < -0.3 is 15.5 Å². The third kappa shape index (κ3) is 5.64. The van der Waals surface area contributed by atoms with E-state index in [1.54, 1.807) is 30.5 Å². The van der Waals surface area contributed by atoms with Crippen molar-refractivity contribution in [2.24, 2.45) is 5.92 Å². The van der Waals surface area contributed by atoms with Crippen LogP contribution in [0.2, 0.25) is 0 Å². The average Bonchev–Trinajstić information content (AvgIpc) is 3.69. The minimum absolute atomic E-state index is 0.0223. The Morgan fingerprint density at radius 1 is 1.02 bits per heavy atom. The molecule has 0 unspecified atom stereocenters. The Labute approximate surface area is 245 Å². The molecule has 3 heterocycles. The van der Waals surface area contributed by atoms with Crippen molar-refractivity contribution >= 4 is 33.9 Å². The van der Waals surface area contributed by atoms with Crippen LogP contribution in [0.15, 0.2) is 41.8 Å². The molecular formula is C32H40FN5O2S. The molecule has 2 N–H and O–H groups in total. The molecule has 1 aromatic heterocycles. The van der Waals surface area contributed by atoms with Crippen LogP contribution < -0.4 is 10.6 Å². The van der Waals surface area contributed by atoms with Crippen molar-refractivity contribution in [1.82, 2.24) is 25.4 Å². The second-order valence-corrected chi connectivity index (χ2v) is 12.8. The Hall–Kier alpha value is -2.88. The average molecular weight is 578 g/mol. The lowest BCUT2D eigenvalue weighted by molar-refractivity contribution is -0.144. The van der Waals surface area contributed by atoms with Crippen LogP contribution in [0.1, 0.15) is 62.9 Å². The van der Waals surface area contributed by atoms with Crippen LogP contribution in [0, 0.1) is 11.7 Å². The van der Waals surface area contributed by atoms with Gasteiger partial charge in [-0.25, -0.2) is 9.37 Å². The van der Waals surface area contributed by atoms with Gasteiger partial charge in [0.15, 0.2) is 0 Å². The number of aromatic nitrogens is 1. The molecule has 1 aliphatic carbocycles. The number of carbonyl (C=O) groups is 2. The minimum atomic E-state index is -0.533. The third-order valence-corrected chi connectivity index (χ3v) is 10.4. The van der Waals surface area contributed by atoms with Gasteiger partial charge in [0.2, 0.25) is 11.8 Å². The lowest BCUT2D eigenvalue weighted by atomic mass is 9.82. The van der Waals surface area contributed by atoms with E-state index in [4.69, 9.17) is 4.98 Å². The number of hydrogen-bond donors (Lipinski definition) is 2. The number of halogens is 1. The third-order valence-electron chi connectivity index (χ3n) is 9.44. The van der Waals surface area contributed by atoms with E-state index in [1.807, 2.05) is 35.4 Å². The molecule has 218 valence electrons. The van der Waals surface area contributed by atoms with Gasteiger partial charge >= 0.3 is 0 Å². The molecule has 4 atom stereocenters. The number of amides is 2. The molecule has 0 spiro atoms. The number of rotatable bonds is 7. The first-order chi connectivity index (χ1) is 19.9. The number of fused-ring (bicyclic) bond motifs is 2. The zero-order valence-electron chi connectivity index (χ0n) is 23.9. The van der Waals surface area contributed by atoms with E-state index in [-0.39, 0.29) is 35.6 Å². The van der Waals surface area contributed by atoms with E-state index < -0.39 is 6.04 Å². The Morgan fingerprint density at radius 3 is 2.59 bits per heavy atom. The number of carbonyl (C=O) groups excluding carboxylic acids is 2. The quantitative estimate of drug-likeness (QED) is 0.408. The SMILES string of the molecule is CN[C@@H](C)C(=O)N[C@H](C(=O)N1C[C@H]2CCCN2C[C@H]1c1nc(-c2ccc(F)c3ccccc23)cs1)C1CCCCC1. The Kier molecular flexibility index (Phi) is 8.38. The first kappa shape index (κ1) is 28.2. The molecule has 0 radical (unpaired) electrons. The van der Waals surface area contributed by atoms with E-state index in [0.29, 0.717) is 18.0 Å². The van der Waals surface area contributed by atoms with Crippen LogP contribution in [0.3, 0.4) is 0 Å². The summed E-state index contributed by atoms with van der Waals surface area (Å²) in [5, 5.41) is 10.5. The van der Waals surface area contributed by atoms with Gasteiger partial charge in [-0.05, 0) is 69.6 Å². The predicted molar refractivity (Wildman–Crippen MR) is 161 cm³/mol. The second kappa shape index (κ2) is 12.2. The molecule has 7 nitrogen and oxygen atoms in total. The molecule has 3 aliphatic rings. The van der Waals surface area contributed by atoms with Gasteiger partial charge in [0.1, 0.15) is 16.9 Å². The summed E-state index contributed by atoms with van der Waals surface area (Å²) in [5.41, 5.74) is 1.70. The van der Waals surface area contributed by atoms with Crippen molar-refractivity contribution in [3.63, 3.8) is 0 Å². The van der Waals surface area contributed by atoms with Gasteiger partial charge in [0.25, 0.3) is 0 Å². The van der Waals surface area contributed by atoms with Crippen molar-refractivity contribution in [3.05, 3.63) is 52.6 Å². The van der Waals surface area contributed by atoms with Gasteiger partial charge in [-0.1, -0.05) is 43.5 Å². The van der Waals surface area contributed by atoms with E-state index in [0.717, 1.165) is 73.3 Å². The predicted octanol–water partition coefficient (Wildman–Crippen LogP) is 5.12. The summed E-state index contributed by atoms with van der Waals surface area (Å²) in [5.74, 6) is -0.211. The maximum atomic E-state index is 14.5. The fraction of sp³-hybridized carbons (Fsp3) is 0.531. The monoisotopic (exact) mass is 577 g/mol. The van der Waals surface area contributed by atoms with Crippen LogP contribution >= 0.6 is 11.3 Å². The number of piperazine rings is 1. The summed E-state index contributed by atoms with van der Waals surface area (Å²) in [6, 6.07) is 10.0. The molecule has 41 heavy (non-hydrogen) atoms. The van der Waals surface area contributed by atoms with E-state index in [9.17, 15) is 14.0 Å². The van der Waals surface area contributed by atoms with Crippen molar-refractivity contribution in [2.75, 3.05) is 26.7 Å². The summed E-state index contributed by atoms with van der Waals surface area (Å²) < 4.78 is 14.5. The highest BCUT2D eigenvalue weighted by Gasteiger charge is 2.44. The molecule has 2 aliphatic heterocycles. The van der Waals surface area contributed by atoms with E-state index in [1.165, 1.54) is 12.5 Å². The second-order valence-electron chi connectivity index (χ2n) is 11.9. The Balaban J connectivity index is 1.33. The number of hydrogen-bond acceptors (Lipinski definition) is 6. The molecule has 1 saturated carbocycles. The van der Waals surface area contributed by atoms with Gasteiger partial charge in [-0.15, -0.1) is 11.3 Å². The van der Waals surface area contributed by atoms with Crippen LogP contribution in [-0.2, 0) is 9.59 Å². The highest BCUT2D eigenvalue weighted by Crippen LogP contribution is 2.38. The maximum absolute atomic E-state index is 14.5. The summed E-state index contributed by atoms with van der Waals surface area (Å²) in [4.78, 5) is 37.2. The molecule has 3 aromatic rings. The zero-order valence-corrected chi connectivity index (χ0v) is 24.8. The van der Waals surface area contributed by atoms with Crippen LogP contribution in [-0.4, -0.2) is 71.4 Å². The van der Waals surface area contributed by atoms with Crippen molar-refractivity contribution in [1.29, 1.82) is 0 Å². The fourth-order valence-electron chi connectivity index (χ4n) is 6.96. The van der Waals surface area contributed by atoms with Gasteiger partial charge in [-0.3, -0.25) is 14.5 Å². The Morgan fingerprint density at radius 2 is 1.80 bits per heavy atom. The largest absolute Gasteiger partial charge is 0.343 e. The number of benzene rings is 2. The van der Waals surface area contributed by atoms with Crippen molar-refractivity contribution in [2.45, 2.75) is 76.0 Å². The van der Waals surface area contributed by atoms with Crippen molar-refractivity contribution < 1.29 is 14.0 Å². The highest BCUT2D eigenvalue weighted by atomic mass is 32.1. The maximum Gasteiger partial charge on any atom is 0.246 e. The molecule has 2 saturated heterocycles. The number of nitrogens with zero attached hydrogens (tertiary/aromatic N) is 3. The molecule has 9 heteroatoms. The van der Waals surface area contributed by atoms with Gasteiger partial charge in [0, 0.05) is 35.5 Å². The minimum Gasteiger partial charge on any atom is -0.343 e. The van der Waals surface area contributed by atoms with E-state index in [2.05, 4.69) is 15.5 Å². The number of thiazole rings is 1.